The molecule has 19 heavy (non-hydrogen) atoms. The molecule has 0 radical (unpaired) electrons. The van der Waals surface area contributed by atoms with Crippen LogP contribution in [0.2, 0.25) is 10.0 Å². The first-order valence-corrected chi connectivity index (χ1v) is 6.74. The van der Waals surface area contributed by atoms with Gasteiger partial charge in [0.05, 0.1) is 15.6 Å². The Hall–Kier alpha value is -1.29. The van der Waals surface area contributed by atoms with Gasteiger partial charge in [-0.25, -0.2) is 0 Å². The predicted molar refractivity (Wildman–Crippen MR) is 83.1 cm³/mol. The summed E-state index contributed by atoms with van der Waals surface area (Å²) >= 11 is 17.0. The zero-order valence-electron chi connectivity index (χ0n) is 9.86. The van der Waals surface area contributed by atoms with Crippen LogP contribution in [0.15, 0.2) is 42.5 Å². The van der Waals surface area contributed by atoms with Crippen molar-refractivity contribution in [3.8, 4) is 5.75 Å². The van der Waals surface area contributed by atoms with Crippen LogP contribution in [0, 0.1) is 0 Å². The average Bonchev–Trinajstić information content (AvgIpc) is 2.40. The largest absolute Gasteiger partial charge is 0.507 e. The van der Waals surface area contributed by atoms with E-state index in [1.807, 2.05) is 12.1 Å². The smallest absolute Gasteiger partial charge is 0.125 e. The highest BCUT2D eigenvalue weighted by atomic mass is 35.5. The Morgan fingerprint density at radius 1 is 1.11 bits per heavy atom. The summed E-state index contributed by atoms with van der Waals surface area (Å²) in [5.41, 5.74) is 1.57. The van der Waals surface area contributed by atoms with Gasteiger partial charge in [-0.2, -0.15) is 0 Å². The van der Waals surface area contributed by atoms with Gasteiger partial charge in [-0.1, -0.05) is 53.6 Å². The molecule has 0 atom stereocenters. The quantitative estimate of drug-likeness (QED) is 0.835. The zero-order chi connectivity index (χ0) is 13.8. The van der Waals surface area contributed by atoms with Gasteiger partial charge in [-0.3, -0.25) is 0 Å². The molecule has 98 valence electrons. The van der Waals surface area contributed by atoms with Crippen molar-refractivity contribution < 1.29 is 5.11 Å². The van der Waals surface area contributed by atoms with Crippen LogP contribution in [0.5, 0.6) is 5.75 Å². The molecule has 0 heterocycles. The molecule has 2 aromatic carbocycles. The highest BCUT2D eigenvalue weighted by molar-refractivity contribution is 7.80. The van der Waals surface area contributed by atoms with Crippen LogP contribution in [0.25, 0.3) is 0 Å². The number of hydrogen-bond acceptors (Lipinski definition) is 2. The van der Waals surface area contributed by atoms with E-state index in [1.165, 1.54) is 0 Å². The lowest BCUT2D eigenvalue weighted by Crippen LogP contribution is -2.21. The van der Waals surface area contributed by atoms with Crippen molar-refractivity contribution in [3.05, 3.63) is 63.6 Å². The molecular formula is C14H11Cl2NOS. The summed E-state index contributed by atoms with van der Waals surface area (Å²) in [4.78, 5) is 0.490. The van der Waals surface area contributed by atoms with E-state index < -0.39 is 0 Å². The van der Waals surface area contributed by atoms with Gasteiger partial charge in [0.15, 0.2) is 0 Å². The first-order valence-electron chi connectivity index (χ1n) is 5.58. The van der Waals surface area contributed by atoms with Crippen LogP contribution in [0.1, 0.15) is 11.1 Å². The molecule has 0 amide bonds. The van der Waals surface area contributed by atoms with Crippen molar-refractivity contribution in [2.24, 2.45) is 0 Å². The maximum Gasteiger partial charge on any atom is 0.125 e. The monoisotopic (exact) mass is 311 g/mol. The molecule has 0 aliphatic rings. The molecule has 0 bridgehead atoms. The second kappa shape index (κ2) is 6.24. The number of phenolic OH excluding ortho intramolecular Hbond substituents is 1. The Bertz CT molecular complexity index is 616. The zero-order valence-corrected chi connectivity index (χ0v) is 12.2. The SMILES string of the molecule is Oc1ccccc1C(=S)NCc1ccc(Cl)c(Cl)c1. The van der Waals surface area contributed by atoms with Gasteiger partial charge in [-0.05, 0) is 29.8 Å². The minimum Gasteiger partial charge on any atom is -0.507 e. The molecule has 0 aliphatic heterocycles. The van der Waals surface area contributed by atoms with E-state index in [-0.39, 0.29) is 5.75 Å². The number of nitrogens with one attached hydrogen (secondary N) is 1. The first kappa shape index (κ1) is 14.1. The fourth-order valence-corrected chi connectivity index (χ4v) is 2.16. The second-order valence-electron chi connectivity index (χ2n) is 3.95. The predicted octanol–water partition coefficient (Wildman–Crippen LogP) is 4.16. The van der Waals surface area contributed by atoms with Crippen LogP contribution in [-0.4, -0.2) is 10.1 Å². The van der Waals surface area contributed by atoms with Gasteiger partial charge in [0.25, 0.3) is 0 Å². The van der Waals surface area contributed by atoms with Crippen LogP contribution in [-0.2, 0) is 6.54 Å². The Kier molecular flexibility index (Phi) is 4.64. The summed E-state index contributed by atoms with van der Waals surface area (Å²) in [5, 5.41) is 13.8. The third-order valence-corrected chi connectivity index (χ3v) is 3.69. The second-order valence-corrected chi connectivity index (χ2v) is 5.17. The van der Waals surface area contributed by atoms with Crippen molar-refractivity contribution in [3.63, 3.8) is 0 Å². The minimum atomic E-state index is 0.161. The molecule has 0 spiro atoms. The molecule has 0 aliphatic carbocycles. The van der Waals surface area contributed by atoms with E-state index in [1.54, 1.807) is 30.3 Å². The summed E-state index contributed by atoms with van der Waals surface area (Å²) in [5.74, 6) is 0.161. The number of hydrogen-bond donors (Lipinski definition) is 2. The minimum absolute atomic E-state index is 0.161. The highest BCUT2D eigenvalue weighted by Crippen LogP contribution is 2.22. The van der Waals surface area contributed by atoms with Crippen molar-refractivity contribution in [2.45, 2.75) is 6.54 Å². The summed E-state index contributed by atoms with van der Waals surface area (Å²) in [6.45, 7) is 0.518. The van der Waals surface area contributed by atoms with E-state index in [9.17, 15) is 5.11 Å². The molecule has 2 rings (SSSR count). The molecular weight excluding hydrogens is 301 g/mol. The Balaban J connectivity index is 2.04. The number of halogens is 2. The standard InChI is InChI=1S/C14H11Cl2NOS/c15-11-6-5-9(7-12(11)16)8-17-14(19)10-3-1-2-4-13(10)18/h1-7,18H,8H2,(H,17,19). The summed E-state index contributed by atoms with van der Waals surface area (Å²) in [7, 11) is 0. The van der Waals surface area contributed by atoms with Gasteiger partial charge in [0.1, 0.15) is 10.7 Å². The van der Waals surface area contributed by atoms with Gasteiger partial charge in [0.2, 0.25) is 0 Å². The van der Waals surface area contributed by atoms with Gasteiger partial charge in [0, 0.05) is 6.54 Å². The third kappa shape index (κ3) is 3.60. The number of rotatable bonds is 3. The topological polar surface area (TPSA) is 32.3 Å². The van der Waals surface area contributed by atoms with E-state index in [0.717, 1.165) is 5.56 Å². The first-order chi connectivity index (χ1) is 9.08. The van der Waals surface area contributed by atoms with Crippen molar-refractivity contribution in [1.82, 2.24) is 5.32 Å². The maximum atomic E-state index is 9.69. The Morgan fingerprint density at radius 2 is 1.84 bits per heavy atom. The fourth-order valence-electron chi connectivity index (χ4n) is 1.59. The summed E-state index contributed by atoms with van der Waals surface area (Å²) in [6.07, 6.45) is 0. The molecule has 2 N–H and O–H groups in total. The van der Waals surface area contributed by atoms with E-state index in [0.29, 0.717) is 27.1 Å². The van der Waals surface area contributed by atoms with Crippen molar-refractivity contribution >= 4 is 40.4 Å². The lowest BCUT2D eigenvalue weighted by molar-refractivity contribution is 0.474. The van der Waals surface area contributed by atoms with E-state index >= 15 is 0 Å². The number of aromatic hydroxyl groups is 1. The molecule has 0 aromatic heterocycles. The van der Waals surface area contributed by atoms with Crippen molar-refractivity contribution in [2.75, 3.05) is 0 Å². The van der Waals surface area contributed by atoms with Gasteiger partial charge < -0.3 is 10.4 Å². The lowest BCUT2D eigenvalue weighted by Gasteiger charge is -2.10. The summed E-state index contributed by atoms with van der Waals surface area (Å²) < 4.78 is 0. The highest BCUT2D eigenvalue weighted by Gasteiger charge is 2.06. The number of thiocarbonyl (C=S) groups is 1. The van der Waals surface area contributed by atoms with Crippen LogP contribution in [0.4, 0.5) is 0 Å². The molecule has 0 fully saturated rings. The maximum absolute atomic E-state index is 9.69. The molecule has 0 saturated carbocycles. The van der Waals surface area contributed by atoms with Crippen LogP contribution >= 0.6 is 35.4 Å². The lowest BCUT2D eigenvalue weighted by atomic mass is 10.2. The van der Waals surface area contributed by atoms with E-state index in [2.05, 4.69) is 5.32 Å². The summed E-state index contributed by atoms with van der Waals surface area (Å²) in [6, 6.07) is 12.3. The average molecular weight is 312 g/mol. The fraction of sp³-hybridized carbons (Fsp3) is 0.0714. The van der Waals surface area contributed by atoms with Crippen molar-refractivity contribution in [1.29, 1.82) is 0 Å². The Morgan fingerprint density at radius 3 is 2.53 bits per heavy atom. The van der Waals surface area contributed by atoms with Crippen LogP contribution < -0.4 is 5.32 Å². The normalized spacial score (nSPS) is 10.2. The van der Waals surface area contributed by atoms with Gasteiger partial charge >= 0.3 is 0 Å². The van der Waals surface area contributed by atoms with Crippen LogP contribution in [0.3, 0.4) is 0 Å². The third-order valence-electron chi connectivity index (χ3n) is 2.59. The number of benzene rings is 2. The molecule has 0 saturated heterocycles. The molecule has 2 nitrogen and oxygen atoms in total. The molecule has 5 heteroatoms. The Labute approximate surface area is 127 Å². The van der Waals surface area contributed by atoms with E-state index in [4.69, 9.17) is 35.4 Å². The molecule has 0 unspecified atom stereocenters. The van der Waals surface area contributed by atoms with Gasteiger partial charge in [-0.15, -0.1) is 0 Å². The molecule has 2 aromatic rings. The number of phenols is 1. The number of para-hydroxylation sites is 1.